The van der Waals surface area contributed by atoms with E-state index in [-0.39, 0.29) is 25.0 Å². The van der Waals surface area contributed by atoms with Gasteiger partial charge in [-0.2, -0.15) is 0 Å². The van der Waals surface area contributed by atoms with Gasteiger partial charge in [0.15, 0.2) is 6.61 Å². The summed E-state index contributed by atoms with van der Waals surface area (Å²) in [5, 5.41) is 3.29. The number of carbonyl (C=O) groups is 2. The van der Waals surface area contributed by atoms with E-state index in [1.165, 1.54) is 0 Å². The molecule has 0 radical (unpaired) electrons. The molecule has 2 aromatic rings. The molecule has 0 heterocycles. The second kappa shape index (κ2) is 8.34. The summed E-state index contributed by atoms with van der Waals surface area (Å²) >= 11 is 5.98. The van der Waals surface area contributed by atoms with Crippen molar-refractivity contribution in [3.05, 3.63) is 70.7 Å². The van der Waals surface area contributed by atoms with Gasteiger partial charge in [0, 0.05) is 5.02 Å². The molecule has 1 atom stereocenters. The van der Waals surface area contributed by atoms with Crippen molar-refractivity contribution in [1.29, 1.82) is 0 Å². The van der Waals surface area contributed by atoms with Gasteiger partial charge in [0.25, 0.3) is 5.91 Å². The second-order valence-corrected chi connectivity index (χ2v) is 5.54. The maximum atomic E-state index is 11.8. The van der Waals surface area contributed by atoms with Gasteiger partial charge < -0.3 is 10.1 Å². The Balaban J connectivity index is 1.78. The fourth-order valence-corrected chi connectivity index (χ4v) is 2.31. The molecule has 0 saturated heterocycles. The minimum atomic E-state index is -0.486. The van der Waals surface area contributed by atoms with Gasteiger partial charge >= 0.3 is 5.97 Å². The van der Waals surface area contributed by atoms with Crippen LogP contribution in [0.3, 0.4) is 0 Å². The molecule has 0 aliphatic rings. The summed E-state index contributed by atoms with van der Waals surface area (Å²) in [4.78, 5) is 23.6. The van der Waals surface area contributed by atoms with Gasteiger partial charge in [-0.15, -0.1) is 0 Å². The number of nitrogens with one attached hydrogen (secondary N) is 1. The second-order valence-electron chi connectivity index (χ2n) is 5.13. The maximum Gasteiger partial charge on any atom is 0.310 e. The summed E-state index contributed by atoms with van der Waals surface area (Å²) in [6.45, 7) is 1.57. The number of esters is 1. The first kappa shape index (κ1) is 17.0. The first-order valence-electron chi connectivity index (χ1n) is 7.29. The number of halogens is 1. The largest absolute Gasteiger partial charge is 0.455 e. The fourth-order valence-electron chi connectivity index (χ4n) is 2.10. The third-order valence-electron chi connectivity index (χ3n) is 3.33. The van der Waals surface area contributed by atoms with Gasteiger partial charge in [-0.25, -0.2) is 0 Å². The molecule has 0 aromatic heterocycles. The van der Waals surface area contributed by atoms with E-state index in [1.54, 1.807) is 24.3 Å². The smallest absolute Gasteiger partial charge is 0.310 e. The van der Waals surface area contributed by atoms with E-state index in [2.05, 4.69) is 5.32 Å². The molecule has 0 fully saturated rings. The highest BCUT2D eigenvalue weighted by Gasteiger charge is 2.13. The Labute approximate surface area is 140 Å². The third kappa shape index (κ3) is 5.42. The van der Waals surface area contributed by atoms with Crippen molar-refractivity contribution in [3.8, 4) is 0 Å². The predicted molar refractivity (Wildman–Crippen MR) is 89.1 cm³/mol. The van der Waals surface area contributed by atoms with Gasteiger partial charge in [-0.1, -0.05) is 60.1 Å². The van der Waals surface area contributed by atoms with Crippen LogP contribution < -0.4 is 5.32 Å². The molecular weight excluding hydrogens is 314 g/mol. The molecule has 0 unspecified atom stereocenters. The first-order chi connectivity index (χ1) is 11.1. The average molecular weight is 332 g/mol. The molecule has 1 amide bonds. The summed E-state index contributed by atoms with van der Waals surface area (Å²) in [6.07, 6.45) is 0.0428. The number of amides is 1. The van der Waals surface area contributed by atoms with Crippen LogP contribution in [0.4, 0.5) is 0 Å². The molecule has 120 valence electrons. The number of carbonyl (C=O) groups excluding carboxylic acids is 2. The molecular formula is C18H18ClNO3. The highest BCUT2D eigenvalue weighted by atomic mass is 35.5. The monoisotopic (exact) mass is 331 g/mol. The molecule has 2 aromatic carbocycles. The van der Waals surface area contributed by atoms with Crippen molar-refractivity contribution in [2.24, 2.45) is 0 Å². The molecule has 2 rings (SSSR count). The van der Waals surface area contributed by atoms with E-state index < -0.39 is 5.97 Å². The lowest BCUT2D eigenvalue weighted by Crippen LogP contribution is -2.31. The molecule has 0 aliphatic heterocycles. The van der Waals surface area contributed by atoms with Crippen LogP contribution in [-0.4, -0.2) is 18.5 Å². The molecule has 0 saturated carbocycles. The Morgan fingerprint density at radius 2 is 1.74 bits per heavy atom. The van der Waals surface area contributed by atoms with E-state index in [9.17, 15) is 9.59 Å². The Morgan fingerprint density at radius 3 is 2.43 bits per heavy atom. The van der Waals surface area contributed by atoms with Crippen LogP contribution in [0.5, 0.6) is 0 Å². The standard InChI is InChI=1S/C18H18ClNO3/c1-13(14-7-3-2-4-8-14)20-17(21)12-23-18(22)11-15-9-5-6-10-16(15)19/h2-10,13H,11-12H2,1H3,(H,20,21)/t13-/m1/s1. The topological polar surface area (TPSA) is 55.4 Å². The third-order valence-corrected chi connectivity index (χ3v) is 3.70. The summed E-state index contributed by atoms with van der Waals surface area (Å²) in [7, 11) is 0. The normalized spacial score (nSPS) is 11.6. The minimum Gasteiger partial charge on any atom is -0.455 e. The van der Waals surface area contributed by atoms with E-state index in [0.29, 0.717) is 10.6 Å². The van der Waals surface area contributed by atoms with Crippen LogP contribution in [0.15, 0.2) is 54.6 Å². The summed E-state index contributed by atoms with van der Waals surface area (Å²) in [5.74, 6) is -0.825. The fraction of sp³-hybridized carbons (Fsp3) is 0.222. The molecule has 0 bridgehead atoms. The van der Waals surface area contributed by atoms with Crippen molar-refractivity contribution in [2.75, 3.05) is 6.61 Å². The molecule has 1 N–H and O–H groups in total. The van der Waals surface area contributed by atoms with Crippen LogP contribution >= 0.6 is 11.6 Å². The van der Waals surface area contributed by atoms with Gasteiger partial charge in [-0.05, 0) is 24.1 Å². The van der Waals surface area contributed by atoms with Crippen molar-refractivity contribution >= 4 is 23.5 Å². The molecule has 23 heavy (non-hydrogen) atoms. The van der Waals surface area contributed by atoms with Crippen LogP contribution in [0.1, 0.15) is 24.1 Å². The predicted octanol–water partition coefficient (Wildman–Crippen LogP) is 3.30. The van der Waals surface area contributed by atoms with E-state index in [4.69, 9.17) is 16.3 Å². The molecule has 4 nitrogen and oxygen atoms in total. The van der Waals surface area contributed by atoms with Gasteiger partial charge in [0.05, 0.1) is 12.5 Å². The van der Waals surface area contributed by atoms with Crippen molar-refractivity contribution in [1.82, 2.24) is 5.32 Å². The minimum absolute atomic E-state index is 0.0428. The SMILES string of the molecule is C[C@@H](NC(=O)COC(=O)Cc1ccccc1Cl)c1ccccc1. The molecule has 5 heteroatoms. The Hall–Kier alpha value is -2.33. The lowest BCUT2D eigenvalue weighted by atomic mass is 10.1. The van der Waals surface area contributed by atoms with Crippen LogP contribution in [-0.2, 0) is 20.7 Å². The number of hydrogen-bond acceptors (Lipinski definition) is 3. The zero-order chi connectivity index (χ0) is 16.7. The zero-order valence-electron chi connectivity index (χ0n) is 12.8. The van der Waals surface area contributed by atoms with Crippen LogP contribution in [0.25, 0.3) is 0 Å². The Bertz CT molecular complexity index is 673. The Morgan fingerprint density at radius 1 is 1.09 bits per heavy atom. The maximum absolute atomic E-state index is 11.8. The number of benzene rings is 2. The number of ether oxygens (including phenoxy) is 1. The average Bonchev–Trinajstić information content (AvgIpc) is 2.56. The van der Waals surface area contributed by atoms with Crippen molar-refractivity contribution in [2.45, 2.75) is 19.4 Å². The summed E-state index contributed by atoms with van der Waals surface area (Å²) in [6, 6.07) is 16.5. The lowest BCUT2D eigenvalue weighted by Gasteiger charge is -2.14. The van der Waals surface area contributed by atoms with E-state index in [0.717, 1.165) is 5.56 Å². The molecule has 0 spiro atoms. The van der Waals surface area contributed by atoms with Crippen LogP contribution in [0, 0.1) is 0 Å². The molecule has 0 aliphatic carbocycles. The van der Waals surface area contributed by atoms with Gasteiger partial charge in [0.1, 0.15) is 0 Å². The van der Waals surface area contributed by atoms with E-state index in [1.807, 2.05) is 37.3 Å². The van der Waals surface area contributed by atoms with Crippen molar-refractivity contribution < 1.29 is 14.3 Å². The van der Waals surface area contributed by atoms with Crippen molar-refractivity contribution in [3.63, 3.8) is 0 Å². The zero-order valence-corrected chi connectivity index (χ0v) is 13.5. The van der Waals surface area contributed by atoms with Crippen LogP contribution in [0.2, 0.25) is 5.02 Å². The van der Waals surface area contributed by atoms with E-state index >= 15 is 0 Å². The van der Waals surface area contributed by atoms with Gasteiger partial charge in [-0.3, -0.25) is 9.59 Å². The van der Waals surface area contributed by atoms with Gasteiger partial charge in [0.2, 0.25) is 0 Å². The first-order valence-corrected chi connectivity index (χ1v) is 7.67. The lowest BCUT2D eigenvalue weighted by molar-refractivity contribution is -0.148. The summed E-state index contributed by atoms with van der Waals surface area (Å²) < 4.78 is 4.99. The quantitative estimate of drug-likeness (QED) is 0.826. The summed E-state index contributed by atoms with van der Waals surface area (Å²) in [5.41, 5.74) is 1.67. The highest BCUT2D eigenvalue weighted by Crippen LogP contribution is 2.15. The Kier molecular flexibility index (Phi) is 6.18. The number of hydrogen-bond donors (Lipinski definition) is 1. The highest BCUT2D eigenvalue weighted by molar-refractivity contribution is 6.31. The number of rotatable bonds is 6.